The molecule has 1 N–H and O–H groups in total. The fraction of sp³-hybridized carbons (Fsp3) is 0.786. The molecule has 100 valence electrons. The number of piperidine rings is 1. The number of aryl methyl sites for hydroxylation is 1. The zero-order valence-electron chi connectivity index (χ0n) is 11.3. The van der Waals surface area contributed by atoms with E-state index in [4.69, 9.17) is 0 Å². The van der Waals surface area contributed by atoms with Gasteiger partial charge in [-0.05, 0) is 44.2 Å². The maximum absolute atomic E-state index is 4.23. The summed E-state index contributed by atoms with van der Waals surface area (Å²) < 4.78 is 1.89. The number of hydrogen-bond acceptors (Lipinski definition) is 3. The highest BCUT2D eigenvalue weighted by Gasteiger charge is 2.27. The highest BCUT2D eigenvalue weighted by molar-refractivity contribution is 5.04. The van der Waals surface area contributed by atoms with Gasteiger partial charge in [-0.25, -0.2) is 0 Å². The Labute approximate surface area is 109 Å². The van der Waals surface area contributed by atoms with Gasteiger partial charge in [0.1, 0.15) is 0 Å². The lowest BCUT2D eigenvalue weighted by atomic mass is 10.1. The molecule has 0 bridgehead atoms. The third kappa shape index (κ3) is 3.33. The number of likely N-dealkylation sites (tertiary alicyclic amines) is 1. The summed E-state index contributed by atoms with van der Waals surface area (Å²) in [5.41, 5.74) is 1.36. The Bertz CT molecular complexity index is 383. The van der Waals surface area contributed by atoms with E-state index >= 15 is 0 Å². The van der Waals surface area contributed by atoms with Gasteiger partial charge in [0.2, 0.25) is 0 Å². The number of nitrogens with zero attached hydrogens (tertiary/aromatic N) is 3. The van der Waals surface area contributed by atoms with Gasteiger partial charge < -0.3 is 10.2 Å². The third-order valence-corrected chi connectivity index (χ3v) is 4.03. The first-order valence-electron chi connectivity index (χ1n) is 7.25. The molecule has 1 saturated carbocycles. The van der Waals surface area contributed by atoms with Crippen molar-refractivity contribution in [3.63, 3.8) is 0 Å². The molecule has 1 aromatic heterocycles. The first-order valence-corrected chi connectivity index (χ1v) is 7.25. The minimum atomic E-state index is 0.736. The van der Waals surface area contributed by atoms with Crippen LogP contribution in [-0.2, 0) is 13.5 Å². The smallest absolute Gasteiger partial charge is 0.0522 e. The largest absolute Gasteiger partial charge is 0.310 e. The maximum Gasteiger partial charge on any atom is 0.0522 e. The molecule has 1 aliphatic heterocycles. The van der Waals surface area contributed by atoms with Gasteiger partial charge >= 0.3 is 0 Å². The summed E-state index contributed by atoms with van der Waals surface area (Å²) in [4.78, 5) is 2.61. The zero-order chi connectivity index (χ0) is 12.4. The summed E-state index contributed by atoms with van der Waals surface area (Å²) in [6.07, 6.45) is 10.7. The van der Waals surface area contributed by atoms with Gasteiger partial charge in [0.25, 0.3) is 0 Å². The molecule has 18 heavy (non-hydrogen) atoms. The standard InChI is InChI=1S/C14H24N4/c1-17-10-12(9-15-17)6-8-18-7-2-3-14(11-18)16-13-4-5-13/h9-10,13-14,16H,2-8,11H2,1H3. The summed E-state index contributed by atoms with van der Waals surface area (Å²) in [6.45, 7) is 3.68. The molecule has 1 aliphatic carbocycles. The molecule has 1 aromatic rings. The Morgan fingerprint density at radius 2 is 2.22 bits per heavy atom. The van der Waals surface area contributed by atoms with Crippen molar-refractivity contribution in [2.24, 2.45) is 7.05 Å². The lowest BCUT2D eigenvalue weighted by Gasteiger charge is -2.33. The van der Waals surface area contributed by atoms with E-state index in [1.54, 1.807) is 0 Å². The monoisotopic (exact) mass is 248 g/mol. The Kier molecular flexibility index (Phi) is 3.66. The molecule has 3 rings (SSSR count). The number of nitrogens with one attached hydrogen (secondary N) is 1. The second-order valence-corrected chi connectivity index (χ2v) is 5.85. The second-order valence-electron chi connectivity index (χ2n) is 5.85. The van der Waals surface area contributed by atoms with E-state index in [0.717, 1.165) is 18.5 Å². The van der Waals surface area contributed by atoms with Gasteiger partial charge in [0, 0.05) is 38.4 Å². The van der Waals surface area contributed by atoms with E-state index in [2.05, 4.69) is 21.5 Å². The normalized spacial score (nSPS) is 25.5. The number of hydrogen-bond donors (Lipinski definition) is 1. The van der Waals surface area contributed by atoms with Gasteiger partial charge in [0.05, 0.1) is 6.20 Å². The van der Waals surface area contributed by atoms with E-state index in [1.165, 1.54) is 50.9 Å². The lowest BCUT2D eigenvalue weighted by Crippen LogP contribution is -2.46. The Morgan fingerprint density at radius 1 is 1.33 bits per heavy atom. The minimum absolute atomic E-state index is 0.736. The highest BCUT2D eigenvalue weighted by Crippen LogP contribution is 2.22. The van der Waals surface area contributed by atoms with Crippen LogP contribution in [0.3, 0.4) is 0 Å². The van der Waals surface area contributed by atoms with Crippen molar-refractivity contribution in [3.8, 4) is 0 Å². The molecule has 1 saturated heterocycles. The van der Waals surface area contributed by atoms with Crippen molar-refractivity contribution >= 4 is 0 Å². The first kappa shape index (κ1) is 12.2. The molecular weight excluding hydrogens is 224 g/mol. The summed E-state index contributed by atoms with van der Waals surface area (Å²) in [5, 5.41) is 8.00. The molecule has 4 heteroatoms. The average molecular weight is 248 g/mol. The predicted octanol–water partition coefficient (Wildman–Crippen LogP) is 1.18. The van der Waals surface area contributed by atoms with Crippen molar-refractivity contribution in [1.29, 1.82) is 0 Å². The van der Waals surface area contributed by atoms with E-state index in [-0.39, 0.29) is 0 Å². The summed E-state index contributed by atoms with van der Waals surface area (Å²) >= 11 is 0. The van der Waals surface area contributed by atoms with E-state index in [9.17, 15) is 0 Å². The molecule has 0 aromatic carbocycles. The van der Waals surface area contributed by atoms with E-state index in [1.807, 2.05) is 17.9 Å². The molecular formula is C14H24N4. The van der Waals surface area contributed by atoms with Crippen molar-refractivity contribution in [2.75, 3.05) is 19.6 Å². The van der Waals surface area contributed by atoms with E-state index < -0.39 is 0 Å². The van der Waals surface area contributed by atoms with Crippen LogP contribution in [0.25, 0.3) is 0 Å². The van der Waals surface area contributed by atoms with Crippen molar-refractivity contribution in [1.82, 2.24) is 20.0 Å². The molecule has 2 aliphatic rings. The molecule has 0 spiro atoms. The minimum Gasteiger partial charge on any atom is -0.310 e. The van der Waals surface area contributed by atoms with Crippen LogP contribution >= 0.6 is 0 Å². The van der Waals surface area contributed by atoms with Crippen LogP contribution in [-0.4, -0.2) is 46.4 Å². The van der Waals surface area contributed by atoms with Crippen LogP contribution < -0.4 is 5.32 Å². The topological polar surface area (TPSA) is 33.1 Å². The van der Waals surface area contributed by atoms with Crippen LogP contribution in [0.1, 0.15) is 31.2 Å². The van der Waals surface area contributed by atoms with Gasteiger partial charge in [-0.2, -0.15) is 5.10 Å². The predicted molar refractivity (Wildman–Crippen MR) is 72.5 cm³/mol. The molecule has 0 radical (unpaired) electrons. The van der Waals surface area contributed by atoms with Gasteiger partial charge in [0.15, 0.2) is 0 Å². The number of rotatable bonds is 5. The van der Waals surface area contributed by atoms with Gasteiger partial charge in [-0.1, -0.05) is 0 Å². The molecule has 1 atom stereocenters. The molecule has 2 fully saturated rings. The van der Waals surface area contributed by atoms with Gasteiger partial charge in [-0.3, -0.25) is 4.68 Å². The van der Waals surface area contributed by atoms with Crippen LogP contribution in [0.5, 0.6) is 0 Å². The lowest BCUT2D eigenvalue weighted by molar-refractivity contribution is 0.191. The zero-order valence-corrected chi connectivity index (χ0v) is 11.3. The van der Waals surface area contributed by atoms with E-state index in [0.29, 0.717) is 0 Å². The quantitative estimate of drug-likeness (QED) is 0.849. The van der Waals surface area contributed by atoms with Crippen LogP contribution in [0.2, 0.25) is 0 Å². The van der Waals surface area contributed by atoms with Crippen LogP contribution in [0.15, 0.2) is 12.4 Å². The maximum atomic E-state index is 4.23. The Morgan fingerprint density at radius 3 is 2.94 bits per heavy atom. The number of aromatic nitrogens is 2. The Balaban J connectivity index is 1.43. The Hall–Kier alpha value is -0.870. The van der Waals surface area contributed by atoms with Crippen LogP contribution in [0, 0.1) is 0 Å². The van der Waals surface area contributed by atoms with Crippen molar-refractivity contribution in [2.45, 2.75) is 44.2 Å². The molecule has 1 unspecified atom stereocenters. The molecule has 2 heterocycles. The first-order chi connectivity index (χ1) is 8.79. The summed E-state index contributed by atoms with van der Waals surface area (Å²) in [6, 6.07) is 1.58. The van der Waals surface area contributed by atoms with Crippen molar-refractivity contribution < 1.29 is 0 Å². The fourth-order valence-corrected chi connectivity index (χ4v) is 2.87. The SMILES string of the molecule is Cn1cc(CCN2CCCC(NC3CC3)C2)cn1. The molecule has 0 amide bonds. The molecule has 4 nitrogen and oxygen atoms in total. The summed E-state index contributed by atoms with van der Waals surface area (Å²) in [7, 11) is 1.99. The fourth-order valence-electron chi connectivity index (χ4n) is 2.87. The van der Waals surface area contributed by atoms with Crippen molar-refractivity contribution in [3.05, 3.63) is 18.0 Å². The average Bonchev–Trinajstić information content (AvgIpc) is 3.08. The van der Waals surface area contributed by atoms with Gasteiger partial charge in [-0.15, -0.1) is 0 Å². The second kappa shape index (κ2) is 5.41. The van der Waals surface area contributed by atoms with Crippen LogP contribution in [0.4, 0.5) is 0 Å². The highest BCUT2D eigenvalue weighted by atomic mass is 15.2. The summed E-state index contributed by atoms with van der Waals surface area (Å²) in [5.74, 6) is 0. The third-order valence-electron chi connectivity index (χ3n) is 4.03.